The van der Waals surface area contributed by atoms with Gasteiger partial charge >= 0.3 is 11.9 Å². The van der Waals surface area contributed by atoms with Crippen molar-refractivity contribution in [1.29, 1.82) is 0 Å². The van der Waals surface area contributed by atoms with Crippen molar-refractivity contribution < 1.29 is 28.3 Å². The topological polar surface area (TPSA) is 94.8 Å². The van der Waals surface area contributed by atoms with Crippen LogP contribution in [0.15, 0.2) is 47.1 Å². The summed E-state index contributed by atoms with van der Waals surface area (Å²) in [7, 11) is 0. The second kappa shape index (κ2) is 7.65. The van der Waals surface area contributed by atoms with Gasteiger partial charge in [-0.05, 0) is 45.0 Å². The third-order valence-electron chi connectivity index (χ3n) is 2.88. The van der Waals surface area contributed by atoms with Crippen LogP contribution in [0.3, 0.4) is 0 Å². The second-order valence-electron chi connectivity index (χ2n) is 6.14. The summed E-state index contributed by atoms with van der Waals surface area (Å²) in [4.78, 5) is 35.9. The van der Waals surface area contributed by atoms with Gasteiger partial charge < -0.3 is 19.2 Å². The summed E-state index contributed by atoms with van der Waals surface area (Å²) in [5, 5.41) is 2.57. The summed E-state index contributed by atoms with van der Waals surface area (Å²) < 4.78 is 15.0. The van der Waals surface area contributed by atoms with E-state index in [9.17, 15) is 14.4 Å². The van der Waals surface area contributed by atoms with Crippen molar-refractivity contribution in [2.24, 2.45) is 0 Å². The predicted molar refractivity (Wildman–Crippen MR) is 89.2 cm³/mol. The maximum Gasteiger partial charge on any atom is 0.344 e. The number of rotatable bonds is 5. The van der Waals surface area contributed by atoms with Crippen LogP contribution in [0.5, 0.6) is 0 Å². The summed E-state index contributed by atoms with van der Waals surface area (Å²) >= 11 is 0. The second-order valence-corrected chi connectivity index (χ2v) is 6.14. The highest BCUT2D eigenvalue weighted by Crippen LogP contribution is 2.18. The van der Waals surface area contributed by atoms with E-state index in [-0.39, 0.29) is 17.0 Å². The van der Waals surface area contributed by atoms with Crippen molar-refractivity contribution in [2.45, 2.75) is 26.4 Å². The van der Waals surface area contributed by atoms with E-state index in [0.717, 1.165) is 0 Å². The third-order valence-corrected chi connectivity index (χ3v) is 2.88. The molecule has 0 aliphatic carbocycles. The first kappa shape index (κ1) is 18.3. The summed E-state index contributed by atoms with van der Waals surface area (Å²) in [6.07, 6.45) is 1.37. The van der Waals surface area contributed by atoms with Crippen molar-refractivity contribution in [3.63, 3.8) is 0 Å². The van der Waals surface area contributed by atoms with Crippen molar-refractivity contribution in [1.82, 2.24) is 0 Å². The number of carbonyl (C=O) groups is 3. The van der Waals surface area contributed by atoms with Gasteiger partial charge in [0.05, 0.1) is 17.5 Å². The van der Waals surface area contributed by atoms with E-state index < -0.39 is 30.1 Å². The number of carbonyl (C=O) groups excluding carboxylic acids is 3. The molecule has 0 atom stereocenters. The normalized spacial score (nSPS) is 10.8. The minimum atomic E-state index is -0.749. The van der Waals surface area contributed by atoms with Crippen LogP contribution in [0.25, 0.3) is 0 Å². The average Bonchev–Trinajstić information content (AvgIpc) is 3.06. The molecule has 1 aromatic heterocycles. The molecule has 1 N–H and O–H groups in total. The SMILES string of the molecule is CC(C)(C)OC(=O)COC(=O)c1ccccc1NC(=O)c1ccco1. The van der Waals surface area contributed by atoms with Gasteiger partial charge in [-0.25, -0.2) is 9.59 Å². The van der Waals surface area contributed by atoms with Gasteiger partial charge in [-0.15, -0.1) is 0 Å². The Morgan fingerprint density at radius 3 is 2.44 bits per heavy atom. The Kier molecular flexibility index (Phi) is 5.59. The molecule has 0 unspecified atom stereocenters. The molecule has 0 saturated heterocycles. The van der Waals surface area contributed by atoms with E-state index >= 15 is 0 Å². The Hall–Kier alpha value is -3.09. The molecule has 0 aliphatic rings. The smallest absolute Gasteiger partial charge is 0.344 e. The Morgan fingerprint density at radius 1 is 1.08 bits per heavy atom. The Morgan fingerprint density at radius 2 is 1.80 bits per heavy atom. The molecule has 7 heteroatoms. The number of hydrogen-bond donors (Lipinski definition) is 1. The van der Waals surface area contributed by atoms with Crippen LogP contribution in [-0.2, 0) is 14.3 Å². The maximum absolute atomic E-state index is 12.2. The number of benzene rings is 1. The van der Waals surface area contributed by atoms with E-state index in [2.05, 4.69) is 5.32 Å². The number of para-hydroxylation sites is 1. The number of esters is 2. The molecule has 0 aliphatic heterocycles. The Labute approximate surface area is 144 Å². The molecule has 2 rings (SSSR count). The van der Waals surface area contributed by atoms with Crippen LogP contribution in [0, 0.1) is 0 Å². The monoisotopic (exact) mass is 345 g/mol. The maximum atomic E-state index is 12.2. The largest absolute Gasteiger partial charge is 0.459 e. The van der Waals surface area contributed by atoms with Gasteiger partial charge in [-0.1, -0.05) is 12.1 Å². The quantitative estimate of drug-likeness (QED) is 0.837. The highest BCUT2D eigenvalue weighted by molar-refractivity contribution is 6.06. The number of hydrogen-bond acceptors (Lipinski definition) is 6. The fraction of sp³-hybridized carbons (Fsp3) is 0.278. The predicted octanol–water partition coefficient (Wildman–Crippen LogP) is 3.03. The standard InChI is InChI=1S/C18H19NO6/c1-18(2,3)25-15(20)11-24-17(22)12-7-4-5-8-13(12)19-16(21)14-9-6-10-23-14/h4-10H,11H2,1-3H3,(H,19,21). The zero-order chi connectivity index (χ0) is 18.4. The van der Waals surface area contributed by atoms with Crippen LogP contribution in [-0.4, -0.2) is 30.1 Å². The number of ether oxygens (including phenoxy) is 2. The van der Waals surface area contributed by atoms with E-state index in [1.54, 1.807) is 45.0 Å². The van der Waals surface area contributed by atoms with E-state index in [4.69, 9.17) is 13.9 Å². The van der Waals surface area contributed by atoms with Crippen LogP contribution >= 0.6 is 0 Å². The molecule has 132 valence electrons. The first-order valence-electron chi connectivity index (χ1n) is 7.59. The molecule has 0 bridgehead atoms. The minimum absolute atomic E-state index is 0.108. The Balaban J connectivity index is 2.03. The average molecular weight is 345 g/mol. The van der Waals surface area contributed by atoms with Gasteiger partial charge in [0, 0.05) is 0 Å². The van der Waals surface area contributed by atoms with Gasteiger partial charge in [0.2, 0.25) is 0 Å². The number of nitrogens with one attached hydrogen (secondary N) is 1. The number of furan rings is 1. The molecular weight excluding hydrogens is 326 g/mol. The molecular formula is C18H19NO6. The van der Waals surface area contributed by atoms with E-state index in [0.29, 0.717) is 0 Å². The fourth-order valence-corrected chi connectivity index (χ4v) is 1.93. The summed E-state index contributed by atoms with van der Waals surface area (Å²) in [5.41, 5.74) is -0.303. The lowest BCUT2D eigenvalue weighted by Gasteiger charge is -2.19. The van der Waals surface area contributed by atoms with Gasteiger partial charge in [0.1, 0.15) is 5.60 Å². The molecule has 0 saturated carbocycles. The molecule has 0 spiro atoms. The van der Waals surface area contributed by atoms with Crippen LogP contribution < -0.4 is 5.32 Å². The minimum Gasteiger partial charge on any atom is -0.459 e. The fourth-order valence-electron chi connectivity index (χ4n) is 1.93. The number of anilines is 1. The molecule has 0 fully saturated rings. The van der Waals surface area contributed by atoms with Gasteiger partial charge in [-0.3, -0.25) is 4.79 Å². The molecule has 7 nitrogen and oxygen atoms in total. The van der Waals surface area contributed by atoms with E-state index in [1.807, 2.05) is 0 Å². The summed E-state index contributed by atoms with van der Waals surface area (Å²) in [5.74, 6) is -1.80. The van der Waals surface area contributed by atoms with Gasteiger partial charge in [0.25, 0.3) is 5.91 Å². The van der Waals surface area contributed by atoms with Crippen LogP contribution in [0.4, 0.5) is 5.69 Å². The van der Waals surface area contributed by atoms with Gasteiger partial charge in [0.15, 0.2) is 12.4 Å². The van der Waals surface area contributed by atoms with Crippen molar-refractivity contribution >= 4 is 23.5 Å². The summed E-state index contributed by atoms with van der Waals surface area (Å²) in [6.45, 7) is 4.63. The lowest BCUT2D eigenvalue weighted by Crippen LogP contribution is -2.27. The van der Waals surface area contributed by atoms with Crippen molar-refractivity contribution in [3.8, 4) is 0 Å². The van der Waals surface area contributed by atoms with E-state index in [1.165, 1.54) is 18.4 Å². The number of amides is 1. The highest BCUT2D eigenvalue weighted by Gasteiger charge is 2.20. The Bertz CT molecular complexity index is 758. The highest BCUT2D eigenvalue weighted by atomic mass is 16.6. The lowest BCUT2D eigenvalue weighted by molar-refractivity contribution is -0.158. The third kappa shape index (κ3) is 5.49. The first-order valence-corrected chi connectivity index (χ1v) is 7.59. The first-order chi connectivity index (χ1) is 11.8. The zero-order valence-electron chi connectivity index (χ0n) is 14.2. The summed E-state index contributed by atoms with van der Waals surface area (Å²) in [6, 6.07) is 9.38. The zero-order valence-corrected chi connectivity index (χ0v) is 14.2. The van der Waals surface area contributed by atoms with Crippen molar-refractivity contribution in [2.75, 3.05) is 11.9 Å². The molecule has 2 aromatic rings. The van der Waals surface area contributed by atoms with Gasteiger partial charge in [-0.2, -0.15) is 0 Å². The lowest BCUT2D eigenvalue weighted by atomic mass is 10.1. The van der Waals surface area contributed by atoms with Crippen LogP contribution in [0.2, 0.25) is 0 Å². The molecule has 1 amide bonds. The van der Waals surface area contributed by atoms with Crippen molar-refractivity contribution in [3.05, 3.63) is 54.0 Å². The molecule has 1 aromatic carbocycles. The molecule has 25 heavy (non-hydrogen) atoms. The molecule has 1 heterocycles. The molecule has 0 radical (unpaired) electrons. The van der Waals surface area contributed by atoms with Crippen LogP contribution in [0.1, 0.15) is 41.7 Å².